The van der Waals surface area contributed by atoms with Crippen molar-refractivity contribution in [3.05, 3.63) is 33.9 Å². The monoisotopic (exact) mass is 356 g/mol. The van der Waals surface area contributed by atoms with E-state index in [1.165, 1.54) is 35.9 Å². The van der Waals surface area contributed by atoms with Crippen LogP contribution in [0.5, 0.6) is 5.75 Å². The van der Waals surface area contributed by atoms with Gasteiger partial charge in [-0.05, 0) is 18.1 Å². The van der Waals surface area contributed by atoms with Crippen LogP contribution in [0, 0.1) is 10.1 Å². The first kappa shape index (κ1) is 19.8. The van der Waals surface area contributed by atoms with Crippen molar-refractivity contribution in [2.45, 2.75) is 19.1 Å². The Labute approximate surface area is 143 Å². The number of nitro benzene ring substituents is 1. The van der Waals surface area contributed by atoms with E-state index in [9.17, 15) is 19.7 Å². The number of ether oxygens (including phenoxy) is 1. The lowest BCUT2D eigenvalue weighted by atomic mass is 10.2. The number of methoxy groups -OCH3 is 1. The normalized spacial score (nSPS) is 10.2. The maximum Gasteiger partial charge on any atom is 0.323 e. The first-order valence-corrected chi connectivity index (χ1v) is 8.43. The van der Waals surface area contributed by atoms with E-state index in [0.717, 1.165) is 0 Å². The van der Waals surface area contributed by atoms with Gasteiger partial charge in [0.2, 0.25) is 5.91 Å². The van der Waals surface area contributed by atoms with Crippen molar-refractivity contribution in [3.63, 3.8) is 0 Å². The van der Waals surface area contributed by atoms with Gasteiger partial charge in [-0.25, -0.2) is 0 Å². The van der Waals surface area contributed by atoms with Crippen molar-refractivity contribution in [1.29, 1.82) is 0 Å². The minimum Gasteiger partial charge on any atom is -0.490 e. The quantitative estimate of drug-likeness (QED) is 0.505. The van der Waals surface area contributed by atoms with Crippen LogP contribution >= 0.6 is 11.8 Å². The van der Waals surface area contributed by atoms with Crippen molar-refractivity contribution in [1.82, 2.24) is 4.90 Å². The average molecular weight is 356 g/mol. The number of nitro groups is 1. The molecule has 0 saturated heterocycles. The van der Waals surface area contributed by atoms with E-state index in [4.69, 9.17) is 9.84 Å². The van der Waals surface area contributed by atoms with Crippen molar-refractivity contribution in [3.8, 4) is 5.75 Å². The molecule has 0 atom stereocenters. The lowest BCUT2D eigenvalue weighted by Gasteiger charge is -2.19. The van der Waals surface area contributed by atoms with Crippen LogP contribution in [0.25, 0.3) is 0 Å². The Morgan fingerprint density at radius 1 is 1.42 bits per heavy atom. The Balaban J connectivity index is 2.63. The summed E-state index contributed by atoms with van der Waals surface area (Å²) in [5.74, 6) is -0.600. The number of benzene rings is 1. The molecule has 0 aliphatic rings. The summed E-state index contributed by atoms with van der Waals surface area (Å²) < 4.78 is 4.93. The van der Waals surface area contributed by atoms with E-state index in [-0.39, 0.29) is 29.6 Å². The van der Waals surface area contributed by atoms with Gasteiger partial charge in [-0.15, -0.1) is 11.8 Å². The third-order valence-electron chi connectivity index (χ3n) is 3.11. The number of carbonyl (C=O) groups excluding carboxylic acids is 1. The fourth-order valence-electron chi connectivity index (χ4n) is 2.04. The predicted octanol–water partition coefficient (Wildman–Crippen LogP) is 2.16. The van der Waals surface area contributed by atoms with Crippen LogP contribution in [0.1, 0.15) is 18.9 Å². The van der Waals surface area contributed by atoms with Gasteiger partial charge in [0.1, 0.15) is 6.54 Å². The van der Waals surface area contributed by atoms with Crippen molar-refractivity contribution < 1.29 is 24.4 Å². The number of carboxylic acid groups (broad SMARTS) is 1. The minimum absolute atomic E-state index is 0.118. The molecule has 1 N–H and O–H groups in total. The number of thioether (sulfide) groups is 1. The maximum atomic E-state index is 12.0. The third kappa shape index (κ3) is 6.07. The summed E-state index contributed by atoms with van der Waals surface area (Å²) in [4.78, 5) is 34.6. The Morgan fingerprint density at radius 2 is 2.12 bits per heavy atom. The molecular weight excluding hydrogens is 336 g/mol. The summed E-state index contributed by atoms with van der Waals surface area (Å²) in [7, 11) is 1.36. The van der Waals surface area contributed by atoms with Gasteiger partial charge in [0.15, 0.2) is 5.75 Å². The Morgan fingerprint density at radius 3 is 2.67 bits per heavy atom. The highest BCUT2D eigenvalue weighted by atomic mass is 32.2. The first-order valence-electron chi connectivity index (χ1n) is 7.27. The number of rotatable bonds is 10. The Hall–Kier alpha value is -2.29. The number of amides is 1. The van der Waals surface area contributed by atoms with E-state index < -0.39 is 10.9 Å². The zero-order valence-corrected chi connectivity index (χ0v) is 14.4. The molecule has 0 spiro atoms. The second kappa shape index (κ2) is 9.76. The van der Waals surface area contributed by atoms with Gasteiger partial charge >= 0.3 is 11.7 Å². The highest BCUT2D eigenvalue weighted by Gasteiger charge is 2.17. The predicted molar refractivity (Wildman–Crippen MR) is 90.3 cm³/mol. The molecule has 0 aliphatic heterocycles. The number of hydrogen-bond acceptors (Lipinski definition) is 6. The maximum absolute atomic E-state index is 12.0. The summed E-state index contributed by atoms with van der Waals surface area (Å²) in [6.07, 6.45) is 0.675. The number of carboxylic acids is 1. The number of aliphatic carboxylic acids is 1. The molecule has 1 amide bonds. The Kier molecular flexibility index (Phi) is 8.03. The molecule has 0 saturated carbocycles. The second-order valence-corrected chi connectivity index (χ2v) is 5.95. The smallest absolute Gasteiger partial charge is 0.323 e. The summed E-state index contributed by atoms with van der Waals surface area (Å²) >= 11 is 1.28. The van der Waals surface area contributed by atoms with Crippen LogP contribution in [0.3, 0.4) is 0 Å². The van der Waals surface area contributed by atoms with Crippen LogP contribution in [-0.2, 0) is 15.3 Å². The van der Waals surface area contributed by atoms with E-state index in [1.54, 1.807) is 6.07 Å². The zero-order valence-electron chi connectivity index (χ0n) is 13.6. The van der Waals surface area contributed by atoms with Gasteiger partial charge in [0.05, 0.1) is 17.8 Å². The van der Waals surface area contributed by atoms with Gasteiger partial charge in [0.25, 0.3) is 0 Å². The standard InChI is InChI=1S/C15H20N2O6S/c1-3-6-16(8-15(19)20)14(18)10-24-9-11-4-5-13(23-2)12(7-11)17(21)22/h4-5,7H,3,6,8-10H2,1-2H3,(H,19,20). The van der Waals surface area contributed by atoms with Gasteiger partial charge in [-0.3, -0.25) is 19.7 Å². The molecule has 0 fully saturated rings. The fourth-order valence-corrected chi connectivity index (χ4v) is 2.92. The molecule has 0 bridgehead atoms. The summed E-state index contributed by atoms with van der Waals surface area (Å²) in [6.45, 7) is 1.94. The van der Waals surface area contributed by atoms with E-state index in [1.807, 2.05) is 6.92 Å². The molecule has 1 rings (SSSR count). The van der Waals surface area contributed by atoms with Gasteiger partial charge in [-0.2, -0.15) is 0 Å². The molecule has 8 nitrogen and oxygen atoms in total. The molecule has 0 aromatic heterocycles. The molecule has 0 heterocycles. The molecular formula is C15H20N2O6S. The zero-order chi connectivity index (χ0) is 18.1. The summed E-state index contributed by atoms with van der Waals surface area (Å²) in [5, 5.41) is 19.8. The van der Waals surface area contributed by atoms with Crippen molar-refractivity contribution >= 4 is 29.3 Å². The van der Waals surface area contributed by atoms with E-state index in [2.05, 4.69) is 0 Å². The number of nitrogens with zero attached hydrogens (tertiary/aromatic N) is 2. The van der Waals surface area contributed by atoms with E-state index in [0.29, 0.717) is 24.3 Å². The Bertz CT molecular complexity index is 608. The molecule has 1 aromatic rings. The second-order valence-electron chi connectivity index (χ2n) is 4.97. The molecule has 24 heavy (non-hydrogen) atoms. The lowest BCUT2D eigenvalue weighted by molar-refractivity contribution is -0.385. The largest absolute Gasteiger partial charge is 0.490 e. The number of hydrogen-bond donors (Lipinski definition) is 1. The highest BCUT2D eigenvalue weighted by molar-refractivity contribution is 7.99. The highest BCUT2D eigenvalue weighted by Crippen LogP contribution is 2.29. The van der Waals surface area contributed by atoms with Gasteiger partial charge in [0, 0.05) is 18.4 Å². The molecule has 0 aliphatic carbocycles. The van der Waals surface area contributed by atoms with Crippen LogP contribution in [-0.4, -0.2) is 52.8 Å². The van der Waals surface area contributed by atoms with Crippen molar-refractivity contribution in [2.24, 2.45) is 0 Å². The lowest BCUT2D eigenvalue weighted by Crippen LogP contribution is -2.37. The van der Waals surface area contributed by atoms with Crippen LogP contribution in [0.4, 0.5) is 5.69 Å². The fraction of sp³-hybridized carbons (Fsp3) is 0.467. The molecule has 0 unspecified atom stereocenters. The molecule has 1 aromatic carbocycles. The molecule has 132 valence electrons. The third-order valence-corrected chi connectivity index (χ3v) is 4.10. The van der Waals surface area contributed by atoms with E-state index >= 15 is 0 Å². The molecule has 9 heteroatoms. The minimum atomic E-state index is -1.05. The summed E-state index contributed by atoms with van der Waals surface area (Å²) in [5.41, 5.74) is 0.570. The van der Waals surface area contributed by atoms with Crippen LogP contribution in [0.15, 0.2) is 18.2 Å². The first-order chi connectivity index (χ1) is 11.4. The SMILES string of the molecule is CCCN(CC(=O)O)C(=O)CSCc1ccc(OC)c([N+](=O)[O-])c1. The average Bonchev–Trinajstić information content (AvgIpc) is 2.53. The topological polar surface area (TPSA) is 110 Å². The van der Waals surface area contributed by atoms with Gasteiger partial charge in [-0.1, -0.05) is 13.0 Å². The van der Waals surface area contributed by atoms with Crippen LogP contribution < -0.4 is 4.74 Å². The van der Waals surface area contributed by atoms with Gasteiger partial charge < -0.3 is 14.7 Å². The van der Waals surface area contributed by atoms with Crippen LogP contribution in [0.2, 0.25) is 0 Å². The molecule has 0 radical (unpaired) electrons. The number of carbonyl (C=O) groups is 2. The summed E-state index contributed by atoms with van der Waals surface area (Å²) in [6, 6.07) is 4.63. The van der Waals surface area contributed by atoms with Crippen molar-refractivity contribution in [2.75, 3.05) is 26.0 Å².